The van der Waals surface area contributed by atoms with Crippen LogP contribution in [0.1, 0.15) is 57.4 Å². The molecule has 1 aliphatic rings. The first-order chi connectivity index (χ1) is 13.2. The largest absolute Gasteiger partial charge is 0.385 e. The molecule has 2 atom stereocenters. The number of aromatic nitrogens is 2. The van der Waals surface area contributed by atoms with Gasteiger partial charge in [-0.05, 0) is 32.4 Å². The van der Waals surface area contributed by atoms with Gasteiger partial charge in [0.15, 0.2) is 5.69 Å². The summed E-state index contributed by atoms with van der Waals surface area (Å²) in [6.45, 7) is 14.0. The van der Waals surface area contributed by atoms with E-state index < -0.39 is 0 Å². The van der Waals surface area contributed by atoms with Crippen LogP contribution in [0.25, 0.3) is 5.52 Å². The Balaban J connectivity index is 1.84. The van der Waals surface area contributed by atoms with Gasteiger partial charge in [-0.3, -0.25) is 9.69 Å². The summed E-state index contributed by atoms with van der Waals surface area (Å²) in [7, 11) is 1.74. The number of rotatable bonds is 5. The van der Waals surface area contributed by atoms with Crippen molar-refractivity contribution in [2.24, 2.45) is 0 Å². The van der Waals surface area contributed by atoms with Gasteiger partial charge in [0.2, 0.25) is 0 Å². The van der Waals surface area contributed by atoms with Crippen LogP contribution in [0, 0.1) is 0 Å². The number of carbonyl (C=O) groups is 1. The van der Waals surface area contributed by atoms with Gasteiger partial charge in [-0.2, -0.15) is 0 Å². The highest BCUT2D eigenvalue weighted by Gasteiger charge is 2.34. The number of hydrogen-bond donors (Lipinski definition) is 0. The molecule has 0 bridgehead atoms. The predicted octanol–water partition coefficient (Wildman–Crippen LogP) is 3.20. The normalized spacial score (nSPS) is 21.4. The van der Waals surface area contributed by atoms with Crippen molar-refractivity contribution in [2.45, 2.75) is 58.5 Å². The van der Waals surface area contributed by atoms with Crippen LogP contribution in [0.5, 0.6) is 0 Å². The van der Waals surface area contributed by atoms with Crippen molar-refractivity contribution in [2.75, 3.05) is 33.4 Å². The van der Waals surface area contributed by atoms with E-state index in [0.29, 0.717) is 17.8 Å². The van der Waals surface area contributed by atoms with Crippen molar-refractivity contribution >= 4 is 11.4 Å². The molecule has 0 radical (unpaired) electrons. The first-order valence-corrected chi connectivity index (χ1v) is 10.3. The minimum atomic E-state index is -0.135. The Morgan fingerprint density at radius 2 is 1.89 bits per heavy atom. The van der Waals surface area contributed by atoms with Gasteiger partial charge >= 0.3 is 0 Å². The fourth-order valence-electron chi connectivity index (χ4n) is 4.23. The number of carbonyl (C=O) groups excluding carboxylic acids is 1. The molecule has 2 aromatic heterocycles. The Hall–Kier alpha value is -1.92. The fraction of sp³-hybridized carbons (Fsp3) is 0.636. The standard InChI is InChI=1S/C22H34N4O2/c1-16-14-24(15-17(2)25(16)12-9-13-28-6)20(27)19-18-10-7-8-11-26(18)21(23-19)22(3,4)5/h7-8,10-11,16-17H,9,12-15H2,1-6H3. The zero-order valence-electron chi connectivity index (χ0n) is 18.1. The number of methoxy groups -OCH3 is 1. The summed E-state index contributed by atoms with van der Waals surface area (Å²) in [5.74, 6) is 0.959. The minimum Gasteiger partial charge on any atom is -0.385 e. The highest BCUT2D eigenvalue weighted by Crippen LogP contribution is 2.26. The molecule has 0 aromatic carbocycles. The van der Waals surface area contributed by atoms with Crippen LogP contribution in [0.4, 0.5) is 0 Å². The van der Waals surface area contributed by atoms with Crippen molar-refractivity contribution in [1.82, 2.24) is 19.2 Å². The van der Waals surface area contributed by atoms with E-state index in [1.165, 1.54) is 0 Å². The average molecular weight is 387 g/mol. The van der Waals surface area contributed by atoms with Crippen LogP contribution in [0.2, 0.25) is 0 Å². The number of hydrogen-bond acceptors (Lipinski definition) is 4. The minimum absolute atomic E-state index is 0.0365. The van der Waals surface area contributed by atoms with Gasteiger partial charge in [0.1, 0.15) is 5.82 Å². The number of piperazine rings is 1. The smallest absolute Gasteiger partial charge is 0.274 e. The van der Waals surface area contributed by atoms with E-state index in [0.717, 1.165) is 44.0 Å². The van der Waals surface area contributed by atoms with Crippen LogP contribution in [-0.2, 0) is 10.2 Å². The molecule has 2 aromatic rings. The van der Waals surface area contributed by atoms with Gasteiger partial charge < -0.3 is 14.0 Å². The monoisotopic (exact) mass is 386 g/mol. The van der Waals surface area contributed by atoms with Crippen molar-refractivity contribution in [3.63, 3.8) is 0 Å². The lowest BCUT2D eigenvalue weighted by atomic mass is 9.96. The molecule has 1 saturated heterocycles. The molecule has 0 aliphatic carbocycles. The molecule has 28 heavy (non-hydrogen) atoms. The predicted molar refractivity (Wildman–Crippen MR) is 112 cm³/mol. The molecule has 3 rings (SSSR count). The molecular formula is C22H34N4O2. The first-order valence-electron chi connectivity index (χ1n) is 10.3. The van der Waals surface area contributed by atoms with E-state index in [-0.39, 0.29) is 11.3 Å². The number of pyridine rings is 1. The van der Waals surface area contributed by atoms with E-state index in [4.69, 9.17) is 9.72 Å². The summed E-state index contributed by atoms with van der Waals surface area (Å²) in [6, 6.07) is 6.59. The van der Waals surface area contributed by atoms with Crippen LogP contribution < -0.4 is 0 Å². The van der Waals surface area contributed by atoms with Gasteiger partial charge in [0.25, 0.3) is 5.91 Å². The molecule has 6 nitrogen and oxygen atoms in total. The molecule has 3 heterocycles. The summed E-state index contributed by atoms with van der Waals surface area (Å²) < 4.78 is 7.25. The second-order valence-corrected chi connectivity index (χ2v) is 8.98. The van der Waals surface area contributed by atoms with Gasteiger partial charge in [-0.25, -0.2) is 4.98 Å². The summed E-state index contributed by atoms with van der Waals surface area (Å²) in [6.07, 6.45) is 3.01. The zero-order valence-corrected chi connectivity index (χ0v) is 18.1. The Morgan fingerprint density at radius 1 is 1.21 bits per heavy atom. The van der Waals surface area contributed by atoms with Gasteiger partial charge in [0.05, 0.1) is 5.52 Å². The molecule has 1 amide bonds. The van der Waals surface area contributed by atoms with Gasteiger partial charge in [-0.15, -0.1) is 0 Å². The third-order valence-corrected chi connectivity index (χ3v) is 5.58. The maximum absolute atomic E-state index is 13.4. The molecule has 2 unspecified atom stereocenters. The Bertz CT molecular complexity index is 812. The maximum atomic E-state index is 13.4. The quantitative estimate of drug-likeness (QED) is 0.741. The van der Waals surface area contributed by atoms with E-state index in [1.54, 1.807) is 7.11 Å². The van der Waals surface area contributed by atoms with Crippen molar-refractivity contribution in [1.29, 1.82) is 0 Å². The molecule has 0 saturated carbocycles. The van der Waals surface area contributed by atoms with Gasteiger partial charge in [-0.1, -0.05) is 26.8 Å². The highest BCUT2D eigenvalue weighted by atomic mass is 16.5. The van der Waals surface area contributed by atoms with E-state index in [1.807, 2.05) is 29.3 Å². The summed E-state index contributed by atoms with van der Waals surface area (Å²) in [4.78, 5) is 22.7. The van der Waals surface area contributed by atoms with Crippen molar-refractivity contribution < 1.29 is 9.53 Å². The number of amides is 1. The van der Waals surface area contributed by atoms with E-state index in [9.17, 15) is 4.79 Å². The third-order valence-electron chi connectivity index (χ3n) is 5.58. The molecule has 6 heteroatoms. The van der Waals surface area contributed by atoms with E-state index in [2.05, 4.69) is 43.9 Å². The Labute approximate surface area is 168 Å². The van der Waals surface area contributed by atoms with E-state index >= 15 is 0 Å². The van der Waals surface area contributed by atoms with Crippen LogP contribution in [0.3, 0.4) is 0 Å². The molecular weight excluding hydrogens is 352 g/mol. The lowest BCUT2D eigenvalue weighted by Gasteiger charge is -2.44. The topological polar surface area (TPSA) is 50.1 Å². The number of fused-ring (bicyclic) bond motifs is 1. The number of nitrogens with zero attached hydrogens (tertiary/aromatic N) is 4. The Kier molecular flexibility index (Phi) is 6.10. The second-order valence-electron chi connectivity index (χ2n) is 8.98. The zero-order chi connectivity index (χ0) is 20.5. The first kappa shape index (κ1) is 20.8. The lowest BCUT2D eigenvalue weighted by molar-refractivity contribution is 0.0268. The highest BCUT2D eigenvalue weighted by molar-refractivity contribution is 5.99. The fourth-order valence-corrected chi connectivity index (χ4v) is 4.23. The van der Waals surface area contributed by atoms with Gasteiger partial charge in [0, 0.05) is 57.0 Å². The van der Waals surface area contributed by atoms with Crippen molar-refractivity contribution in [3.05, 3.63) is 35.9 Å². The third kappa shape index (κ3) is 4.08. The number of imidazole rings is 1. The maximum Gasteiger partial charge on any atom is 0.274 e. The molecule has 154 valence electrons. The lowest BCUT2D eigenvalue weighted by Crippen LogP contribution is -2.58. The molecule has 0 spiro atoms. The number of ether oxygens (including phenoxy) is 1. The average Bonchev–Trinajstić information content (AvgIpc) is 3.03. The van der Waals surface area contributed by atoms with Crippen LogP contribution in [-0.4, -0.2) is 70.5 Å². The molecule has 1 fully saturated rings. The summed E-state index contributed by atoms with van der Waals surface area (Å²) in [5.41, 5.74) is 1.32. The van der Waals surface area contributed by atoms with Crippen molar-refractivity contribution in [3.8, 4) is 0 Å². The second kappa shape index (κ2) is 8.21. The molecule has 1 aliphatic heterocycles. The SMILES string of the molecule is COCCCN1C(C)CN(C(=O)c2nc(C(C)(C)C)n3ccccc23)CC1C. The molecule has 0 N–H and O–H groups in total. The van der Waals surface area contributed by atoms with Crippen LogP contribution in [0.15, 0.2) is 24.4 Å². The summed E-state index contributed by atoms with van der Waals surface area (Å²) >= 11 is 0. The summed E-state index contributed by atoms with van der Waals surface area (Å²) in [5, 5.41) is 0. The van der Waals surface area contributed by atoms with Crippen LogP contribution >= 0.6 is 0 Å². The Morgan fingerprint density at radius 3 is 2.50 bits per heavy atom.